The van der Waals surface area contributed by atoms with Crippen LogP contribution in [0.4, 0.5) is 0 Å². The third-order valence-electron chi connectivity index (χ3n) is 2.71. The molecule has 0 radical (unpaired) electrons. The van der Waals surface area contributed by atoms with Gasteiger partial charge in [-0.25, -0.2) is 0 Å². The van der Waals surface area contributed by atoms with Gasteiger partial charge in [0.05, 0.1) is 0 Å². The third kappa shape index (κ3) is 15.6. The van der Waals surface area contributed by atoms with Crippen molar-refractivity contribution in [3.8, 4) is 12.3 Å². The van der Waals surface area contributed by atoms with E-state index >= 15 is 0 Å². The zero-order valence-electron chi connectivity index (χ0n) is 11.2. The molecule has 0 aromatic heterocycles. The number of rotatable bonds is 12. The number of hydrogen-bond acceptors (Lipinski definition) is 2. The number of hydrogen-bond donors (Lipinski definition) is 0. The van der Waals surface area contributed by atoms with Gasteiger partial charge in [-0.15, -0.1) is 12.3 Å². The highest BCUT2D eigenvalue weighted by Crippen LogP contribution is 2.11. The minimum Gasteiger partial charge on any atom is -0.300 e. The maximum atomic E-state index is 10.7. The van der Waals surface area contributed by atoms with Gasteiger partial charge in [-0.1, -0.05) is 32.1 Å². The van der Waals surface area contributed by atoms with E-state index < -0.39 is 0 Å². The zero-order valence-corrected chi connectivity index (χ0v) is 12.0. The monoisotopic (exact) mass is 254 g/mol. The predicted octanol–water partition coefficient (Wildman–Crippen LogP) is 4.45. The van der Waals surface area contributed by atoms with E-state index in [0.29, 0.717) is 5.78 Å². The molecule has 0 N–H and O–H groups in total. The first-order chi connectivity index (χ1) is 8.27. The molecular formula is C15H26OS. The molecule has 0 saturated carbocycles. The summed E-state index contributed by atoms with van der Waals surface area (Å²) >= 11 is 1.91. The molecule has 0 aliphatic carbocycles. The summed E-state index contributed by atoms with van der Waals surface area (Å²) in [6, 6.07) is 0. The van der Waals surface area contributed by atoms with E-state index in [1.807, 2.05) is 11.8 Å². The summed E-state index contributed by atoms with van der Waals surface area (Å²) in [6.07, 6.45) is 16.0. The van der Waals surface area contributed by atoms with Crippen molar-refractivity contribution in [2.75, 3.05) is 11.5 Å². The van der Waals surface area contributed by atoms with Gasteiger partial charge in [0.2, 0.25) is 0 Å². The van der Waals surface area contributed by atoms with Crippen molar-refractivity contribution in [1.82, 2.24) is 0 Å². The third-order valence-corrected chi connectivity index (χ3v) is 3.78. The Bertz CT molecular complexity index is 217. The van der Waals surface area contributed by atoms with E-state index in [2.05, 4.69) is 5.92 Å². The Morgan fingerprint density at radius 1 is 1.00 bits per heavy atom. The van der Waals surface area contributed by atoms with Crippen LogP contribution in [0.15, 0.2) is 0 Å². The van der Waals surface area contributed by atoms with Crippen molar-refractivity contribution in [3.05, 3.63) is 0 Å². The summed E-state index contributed by atoms with van der Waals surface area (Å²) in [5.41, 5.74) is 0. The van der Waals surface area contributed by atoms with Crippen LogP contribution in [0.1, 0.15) is 64.7 Å². The largest absolute Gasteiger partial charge is 0.300 e. The Morgan fingerprint density at radius 2 is 1.59 bits per heavy atom. The minimum atomic E-state index is 0.310. The van der Waals surface area contributed by atoms with E-state index in [9.17, 15) is 4.79 Å². The van der Waals surface area contributed by atoms with Crippen LogP contribution in [0, 0.1) is 12.3 Å². The summed E-state index contributed by atoms with van der Waals surface area (Å²) in [5.74, 6) is 5.20. The molecule has 0 unspecified atom stereocenters. The van der Waals surface area contributed by atoms with E-state index in [1.165, 1.54) is 50.7 Å². The Morgan fingerprint density at radius 3 is 2.18 bits per heavy atom. The summed E-state index contributed by atoms with van der Waals surface area (Å²) < 4.78 is 0. The fourth-order valence-electron chi connectivity index (χ4n) is 1.63. The maximum Gasteiger partial charge on any atom is 0.130 e. The molecule has 0 aromatic rings. The van der Waals surface area contributed by atoms with Crippen LogP contribution >= 0.6 is 11.8 Å². The highest BCUT2D eigenvalue weighted by atomic mass is 32.2. The van der Waals surface area contributed by atoms with Crippen LogP contribution in [-0.2, 0) is 4.79 Å². The summed E-state index contributed by atoms with van der Waals surface area (Å²) in [7, 11) is 0. The lowest BCUT2D eigenvalue weighted by Gasteiger charge is -2.01. The van der Waals surface area contributed by atoms with Crippen LogP contribution < -0.4 is 0 Å². The van der Waals surface area contributed by atoms with Crippen molar-refractivity contribution in [1.29, 1.82) is 0 Å². The Labute approximate surface area is 111 Å². The number of thioether (sulfide) groups is 1. The molecule has 0 aromatic carbocycles. The second-order valence-corrected chi connectivity index (χ2v) is 5.72. The molecule has 98 valence electrons. The average Bonchev–Trinajstić information content (AvgIpc) is 2.30. The number of carbonyl (C=O) groups excluding carboxylic acids is 1. The Kier molecular flexibility index (Phi) is 13.3. The molecule has 0 aliphatic rings. The highest BCUT2D eigenvalue weighted by Gasteiger charge is 1.95. The summed E-state index contributed by atoms with van der Waals surface area (Å²) in [4.78, 5) is 10.7. The second-order valence-electron chi connectivity index (χ2n) is 4.49. The lowest BCUT2D eigenvalue weighted by molar-refractivity contribution is -0.116. The molecule has 0 rings (SSSR count). The molecule has 17 heavy (non-hydrogen) atoms. The zero-order chi connectivity index (χ0) is 12.8. The number of unbranched alkanes of at least 4 members (excludes halogenated alkanes) is 7. The first-order valence-corrected chi connectivity index (χ1v) is 7.93. The maximum absolute atomic E-state index is 10.7. The molecule has 0 bridgehead atoms. The summed E-state index contributed by atoms with van der Waals surface area (Å²) in [5, 5.41) is 0. The van der Waals surface area contributed by atoms with E-state index in [-0.39, 0.29) is 0 Å². The quantitative estimate of drug-likeness (QED) is 0.378. The van der Waals surface area contributed by atoms with Gasteiger partial charge in [-0.05, 0) is 25.5 Å². The fourth-order valence-corrected chi connectivity index (χ4v) is 2.68. The van der Waals surface area contributed by atoms with Crippen molar-refractivity contribution in [3.63, 3.8) is 0 Å². The molecule has 0 saturated heterocycles. The van der Waals surface area contributed by atoms with Gasteiger partial charge in [0.25, 0.3) is 0 Å². The smallest absolute Gasteiger partial charge is 0.130 e. The van der Waals surface area contributed by atoms with Crippen molar-refractivity contribution in [2.24, 2.45) is 0 Å². The molecule has 1 nitrogen and oxygen atoms in total. The lowest BCUT2D eigenvalue weighted by Crippen LogP contribution is -1.92. The van der Waals surface area contributed by atoms with Crippen LogP contribution in [0.5, 0.6) is 0 Å². The van der Waals surface area contributed by atoms with Crippen molar-refractivity contribution < 1.29 is 4.79 Å². The summed E-state index contributed by atoms with van der Waals surface area (Å²) in [6.45, 7) is 1.67. The lowest BCUT2D eigenvalue weighted by atomic mass is 10.1. The van der Waals surface area contributed by atoms with E-state index in [1.54, 1.807) is 6.92 Å². The van der Waals surface area contributed by atoms with Crippen molar-refractivity contribution in [2.45, 2.75) is 64.7 Å². The van der Waals surface area contributed by atoms with Crippen LogP contribution in [0.3, 0.4) is 0 Å². The number of Topliss-reactive ketones (excluding diaryl/α,β-unsaturated/α-hetero) is 1. The van der Waals surface area contributed by atoms with Crippen LogP contribution in [0.25, 0.3) is 0 Å². The van der Waals surface area contributed by atoms with Crippen molar-refractivity contribution >= 4 is 17.5 Å². The molecule has 0 atom stereocenters. The molecule has 0 spiro atoms. The van der Waals surface area contributed by atoms with Crippen LogP contribution in [0.2, 0.25) is 0 Å². The Hall–Kier alpha value is -0.420. The first kappa shape index (κ1) is 16.6. The predicted molar refractivity (Wildman–Crippen MR) is 78.4 cm³/mol. The normalized spacial score (nSPS) is 10.1. The standard InChI is InChI=1S/C15H26OS/c1-3-4-5-6-7-8-9-10-11-13-17-14-12-15(2)16/h1H,4-14H2,2H3. The molecular weight excluding hydrogens is 228 g/mol. The number of terminal acetylenes is 1. The number of ketones is 1. The topological polar surface area (TPSA) is 17.1 Å². The second kappa shape index (κ2) is 13.6. The van der Waals surface area contributed by atoms with Gasteiger partial charge >= 0.3 is 0 Å². The average molecular weight is 254 g/mol. The first-order valence-electron chi connectivity index (χ1n) is 6.78. The number of carbonyl (C=O) groups is 1. The van der Waals surface area contributed by atoms with Gasteiger partial charge in [-0.2, -0.15) is 11.8 Å². The molecule has 0 fully saturated rings. The molecule has 0 heterocycles. The minimum absolute atomic E-state index is 0.310. The molecule has 0 amide bonds. The van der Waals surface area contributed by atoms with E-state index in [4.69, 9.17) is 6.42 Å². The van der Waals surface area contributed by atoms with Gasteiger partial charge in [-0.3, -0.25) is 4.79 Å². The fraction of sp³-hybridized carbons (Fsp3) is 0.800. The Balaban J connectivity index is 2.94. The molecule has 0 aliphatic heterocycles. The van der Waals surface area contributed by atoms with E-state index in [0.717, 1.165) is 18.6 Å². The van der Waals surface area contributed by atoms with Crippen LogP contribution in [-0.4, -0.2) is 17.3 Å². The highest BCUT2D eigenvalue weighted by molar-refractivity contribution is 7.99. The molecule has 2 heteroatoms. The SMILES string of the molecule is C#CCCCCCCCCCSCCC(C)=O. The van der Waals surface area contributed by atoms with Gasteiger partial charge in [0.15, 0.2) is 0 Å². The van der Waals surface area contributed by atoms with Gasteiger partial charge in [0, 0.05) is 18.6 Å². The van der Waals surface area contributed by atoms with Gasteiger partial charge in [0.1, 0.15) is 5.78 Å². The van der Waals surface area contributed by atoms with Gasteiger partial charge < -0.3 is 0 Å².